The summed E-state index contributed by atoms with van der Waals surface area (Å²) in [4.78, 5) is 0. The van der Waals surface area contributed by atoms with E-state index in [9.17, 15) is 0 Å². The lowest BCUT2D eigenvalue weighted by atomic mass is 10.3. The number of benzene rings is 1. The van der Waals surface area contributed by atoms with Crippen molar-refractivity contribution in [3.8, 4) is 17.7 Å². The van der Waals surface area contributed by atoms with Crippen LogP contribution in [0.5, 0.6) is 11.6 Å². The Bertz CT molecular complexity index is 596. The second kappa shape index (κ2) is 5.00. The Kier molecular flexibility index (Phi) is 3.43. The largest absolute Gasteiger partial charge is 0.435 e. The van der Waals surface area contributed by atoms with Gasteiger partial charge in [-0.15, -0.1) is 5.10 Å². The highest BCUT2D eigenvalue weighted by Gasteiger charge is 2.09. The van der Waals surface area contributed by atoms with Crippen molar-refractivity contribution in [1.29, 1.82) is 5.26 Å². The third-order valence-corrected chi connectivity index (χ3v) is 2.44. The molecule has 84 valence electrons. The molecule has 0 saturated carbocycles. The molecule has 0 amide bonds. The topological polar surface area (TPSA) is 58.8 Å². The van der Waals surface area contributed by atoms with Crippen molar-refractivity contribution < 1.29 is 4.74 Å². The Morgan fingerprint density at radius 3 is 2.76 bits per heavy atom. The van der Waals surface area contributed by atoms with Gasteiger partial charge in [-0.2, -0.15) is 10.4 Å². The number of nitriles is 1. The maximum absolute atomic E-state index is 8.86. The molecule has 0 saturated heterocycles. The van der Waals surface area contributed by atoms with Gasteiger partial charge in [0.15, 0.2) is 0 Å². The highest BCUT2D eigenvalue weighted by molar-refractivity contribution is 6.35. The molecule has 0 unspecified atom stereocenters. The van der Waals surface area contributed by atoms with Gasteiger partial charge in [-0.1, -0.05) is 23.2 Å². The van der Waals surface area contributed by atoms with Crippen LogP contribution in [0.1, 0.15) is 5.56 Å². The average molecular weight is 266 g/mol. The van der Waals surface area contributed by atoms with Crippen LogP contribution < -0.4 is 4.74 Å². The van der Waals surface area contributed by atoms with E-state index in [0.717, 1.165) is 0 Å². The number of rotatable bonds is 2. The van der Waals surface area contributed by atoms with Gasteiger partial charge in [-0.25, -0.2) is 0 Å². The number of nitrogens with zero attached hydrogens (tertiary/aromatic N) is 3. The Balaban J connectivity index is 2.35. The maximum Gasteiger partial charge on any atom is 0.257 e. The van der Waals surface area contributed by atoms with Crippen molar-refractivity contribution in [2.75, 3.05) is 0 Å². The van der Waals surface area contributed by atoms with Gasteiger partial charge < -0.3 is 4.74 Å². The zero-order valence-electron chi connectivity index (χ0n) is 8.39. The van der Waals surface area contributed by atoms with Crippen LogP contribution in [0, 0.1) is 11.3 Å². The van der Waals surface area contributed by atoms with Crippen molar-refractivity contribution in [2.45, 2.75) is 0 Å². The van der Waals surface area contributed by atoms with E-state index in [1.54, 1.807) is 18.2 Å². The van der Waals surface area contributed by atoms with Gasteiger partial charge in [-0.3, -0.25) is 0 Å². The Morgan fingerprint density at radius 2 is 2.06 bits per heavy atom. The monoisotopic (exact) mass is 265 g/mol. The predicted octanol–water partition coefficient (Wildman–Crippen LogP) is 3.45. The number of ether oxygens (including phenoxy) is 1. The molecule has 4 nitrogen and oxygen atoms in total. The second-order valence-corrected chi connectivity index (χ2v) is 3.88. The van der Waals surface area contributed by atoms with Crippen molar-refractivity contribution in [1.82, 2.24) is 10.2 Å². The summed E-state index contributed by atoms with van der Waals surface area (Å²) >= 11 is 11.7. The molecule has 0 fully saturated rings. The highest BCUT2D eigenvalue weighted by atomic mass is 35.5. The molecule has 0 N–H and O–H groups in total. The van der Waals surface area contributed by atoms with Crippen LogP contribution >= 0.6 is 23.2 Å². The van der Waals surface area contributed by atoms with E-state index >= 15 is 0 Å². The van der Waals surface area contributed by atoms with Crippen molar-refractivity contribution >= 4 is 23.2 Å². The third-order valence-electron chi connectivity index (χ3n) is 1.91. The first-order chi connectivity index (χ1) is 8.20. The first-order valence-electron chi connectivity index (χ1n) is 4.55. The number of hydrogen-bond acceptors (Lipinski definition) is 4. The molecule has 1 heterocycles. The summed E-state index contributed by atoms with van der Waals surface area (Å²) in [7, 11) is 0. The second-order valence-electron chi connectivity index (χ2n) is 3.04. The maximum atomic E-state index is 8.86. The fourth-order valence-corrected chi connectivity index (χ4v) is 1.59. The molecule has 0 aliphatic heterocycles. The lowest BCUT2D eigenvalue weighted by Gasteiger charge is -2.06. The van der Waals surface area contributed by atoms with Crippen molar-refractivity contribution in [3.05, 3.63) is 46.1 Å². The molecule has 0 radical (unpaired) electrons. The van der Waals surface area contributed by atoms with E-state index < -0.39 is 0 Å². The summed E-state index contributed by atoms with van der Waals surface area (Å²) in [6.07, 6.45) is 1.41. The van der Waals surface area contributed by atoms with E-state index in [4.69, 9.17) is 33.2 Å². The molecule has 0 spiro atoms. The van der Waals surface area contributed by atoms with E-state index in [-0.39, 0.29) is 11.4 Å². The highest BCUT2D eigenvalue weighted by Crippen LogP contribution is 2.31. The first-order valence-corrected chi connectivity index (χ1v) is 5.31. The SMILES string of the molecule is N#Cc1ccnnc1Oc1ccc(Cl)cc1Cl. The van der Waals surface area contributed by atoms with Gasteiger partial charge in [-0.05, 0) is 24.3 Å². The van der Waals surface area contributed by atoms with E-state index in [0.29, 0.717) is 15.8 Å². The lowest BCUT2D eigenvalue weighted by molar-refractivity contribution is 0.453. The van der Waals surface area contributed by atoms with Crippen LogP contribution in [0.3, 0.4) is 0 Å². The molecular weight excluding hydrogens is 261 g/mol. The number of hydrogen-bond donors (Lipinski definition) is 0. The standard InChI is InChI=1S/C11H5Cl2N3O/c12-8-1-2-10(9(13)5-8)17-11-7(6-14)3-4-15-16-11/h1-5H. The smallest absolute Gasteiger partial charge is 0.257 e. The van der Waals surface area contributed by atoms with Gasteiger partial charge in [0, 0.05) is 5.02 Å². The Labute approximate surface area is 107 Å². The Morgan fingerprint density at radius 1 is 1.24 bits per heavy atom. The van der Waals surface area contributed by atoms with Gasteiger partial charge in [0.2, 0.25) is 0 Å². The van der Waals surface area contributed by atoms with Gasteiger partial charge in [0.05, 0.1) is 11.2 Å². The quantitative estimate of drug-likeness (QED) is 0.835. The van der Waals surface area contributed by atoms with E-state index in [1.165, 1.54) is 12.3 Å². The number of halogens is 2. The van der Waals surface area contributed by atoms with Crippen LogP contribution in [-0.2, 0) is 0 Å². The van der Waals surface area contributed by atoms with Crippen LogP contribution in [0.2, 0.25) is 10.0 Å². The molecule has 0 bridgehead atoms. The molecular formula is C11H5Cl2N3O. The molecule has 0 atom stereocenters. The van der Waals surface area contributed by atoms with Gasteiger partial charge in [0.1, 0.15) is 17.4 Å². The zero-order valence-corrected chi connectivity index (χ0v) is 9.90. The number of aromatic nitrogens is 2. The Hall–Kier alpha value is -1.83. The van der Waals surface area contributed by atoms with Gasteiger partial charge in [0.25, 0.3) is 5.88 Å². The average Bonchev–Trinajstić information content (AvgIpc) is 2.33. The summed E-state index contributed by atoms with van der Waals surface area (Å²) in [5.41, 5.74) is 0.283. The minimum Gasteiger partial charge on any atom is -0.435 e. The van der Waals surface area contributed by atoms with Crippen LogP contribution in [-0.4, -0.2) is 10.2 Å². The summed E-state index contributed by atoms with van der Waals surface area (Å²) in [5.74, 6) is 0.479. The summed E-state index contributed by atoms with van der Waals surface area (Å²) < 4.78 is 5.40. The van der Waals surface area contributed by atoms with Crippen molar-refractivity contribution in [2.24, 2.45) is 0 Å². The summed E-state index contributed by atoms with van der Waals surface area (Å²) in [5, 5.41) is 17.1. The predicted molar refractivity (Wildman–Crippen MR) is 63.3 cm³/mol. The van der Waals surface area contributed by atoms with Gasteiger partial charge >= 0.3 is 0 Å². The third kappa shape index (κ3) is 2.64. The van der Waals surface area contributed by atoms with E-state index in [1.807, 2.05) is 6.07 Å². The zero-order chi connectivity index (χ0) is 12.3. The fraction of sp³-hybridized carbons (Fsp3) is 0. The van der Waals surface area contributed by atoms with Crippen molar-refractivity contribution in [3.63, 3.8) is 0 Å². The normalized spacial score (nSPS) is 9.71. The van der Waals surface area contributed by atoms with Crippen LogP contribution in [0.4, 0.5) is 0 Å². The molecule has 1 aromatic carbocycles. The molecule has 17 heavy (non-hydrogen) atoms. The lowest BCUT2D eigenvalue weighted by Crippen LogP contribution is -1.94. The molecule has 2 aromatic rings. The van der Waals surface area contributed by atoms with Crippen LogP contribution in [0.25, 0.3) is 0 Å². The summed E-state index contributed by atoms with van der Waals surface area (Å²) in [6, 6.07) is 8.23. The first kappa shape index (κ1) is 11.6. The van der Waals surface area contributed by atoms with Crippen LogP contribution in [0.15, 0.2) is 30.5 Å². The molecule has 0 aliphatic rings. The minimum absolute atomic E-state index is 0.110. The minimum atomic E-state index is 0.110. The fourth-order valence-electron chi connectivity index (χ4n) is 1.14. The molecule has 1 aromatic heterocycles. The molecule has 2 rings (SSSR count). The van der Waals surface area contributed by atoms with E-state index in [2.05, 4.69) is 10.2 Å². The summed E-state index contributed by atoms with van der Waals surface area (Å²) in [6.45, 7) is 0. The molecule has 6 heteroatoms. The molecule has 0 aliphatic carbocycles.